The molecule has 0 aliphatic rings. The Morgan fingerprint density at radius 3 is 3.10 bits per heavy atom. The van der Waals surface area contributed by atoms with E-state index in [9.17, 15) is 0 Å². The van der Waals surface area contributed by atoms with Gasteiger partial charge < -0.3 is 14.6 Å². The molecule has 2 aromatic heterocycles. The summed E-state index contributed by atoms with van der Waals surface area (Å²) in [5.41, 5.74) is 1.10. The van der Waals surface area contributed by atoms with Gasteiger partial charge in [-0.05, 0) is 20.3 Å². The smallest absolute Gasteiger partial charge is 0.202 e. The summed E-state index contributed by atoms with van der Waals surface area (Å²) in [6, 6.07) is 0. The van der Waals surface area contributed by atoms with Crippen molar-refractivity contribution in [3.05, 3.63) is 28.5 Å². The molecule has 0 spiro atoms. The number of anilines is 1. The Morgan fingerprint density at radius 1 is 1.45 bits per heavy atom. The third kappa shape index (κ3) is 4.61. The van der Waals surface area contributed by atoms with Crippen molar-refractivity contribution in [3.63, 3.8) is 0 Å². The molecule has 2 heterocycles. The zero-order valence-corrected chi connectivity index (χ0v) is 12.9. The predicted molar refractivity (Wildman–Crippen MR) is 82.4 cm³/mol. The van der Waals surface area contributed by atoms with Crippen molar-refractivity contribution >= 4 is 17.3 Å². The summed E-state index contributed by atoms with van der Waals surface area (Å²) in [4.78, 5) is 8.80. The van der Waals surface area contributed by atoms with Gasteiger partial charge >= 0.3 is 0 Å². The Hall–Kier alpha value is -1.40. The summed E-state index contributed by atoms with van der Waals surface area (Å²) < 4.78 is 7.48. The van der Waals surface area contributed by atoms with Crippen LogP contribution in [0.2, 0.25) is 0 Å². The van der Waals surface area contributed by atoms with Crippen LogP contribution in [0.3, 0.4) is 0 Å². The number of hydrogen-bond acceptors (Lipinski definition) is 5. The zero-order chi connectivity index (χ0) is 14.2. The van der Waals surface area contributed by atoms with Gasteiger partial charge in [-0.1, -0.05) is 0 Å². The second-order valence-electron chi connectivity index (χ2n) is 4.55. The van der Waals surface area contributed by atoms with Crippen LogP contribution in [-0.4, -0.2) is 34.3 Å². The lowest BCUT2D eigenvalue weighted by atomic mass is 10.4. The second-order valence-corrected chi connectivity index (χ2v) is 5.50. The van der Waals surface area contributed by atoms with E-state index in [1.165, 1.54) is 5.01 Å². The summed E-state index contributed by atoms with van der Waals surface area (Å²) in [7, 11) is 0. The van der Waals surface area contributed by atoms with Crippen LogP contribution in [-0.2, 0) is 17.7 Å². The number of imidazole rings is 1. The fraction of sp³-hybridized carbons (Fsp3) is 0.571. The van der Waals surface area contributed by atoms with Crippen molar-refractivity contribution in [3.8, 4) is 0 Å². The number of thiazole rings is 1. The van der Waals surface area contributed by atoms with E-state index >= 15 is 0 Å². The molecule has 0 fully saturated rings. The van der Waals surface area contributed by atoms with Crippen molar-refractivity contribution in [2.75, 3.05) is 25.1 Å². The van der Waals surface area contributed by atoms with Gasteiger partial charge in [0, 0.05) is 56.2 Å². The van der Waals surface area contributed by atoms with E-state index < -0.39 is 0 Å². The molecule has 0 bridgehead atoms. The van der Waals surface area contributed by atoms with Crippen LogP contribution in [0.4, 0.5) is 5.95 Å². The monoisotopic (exact) mass is 294 g/mol. The summed E-state index contributed by atoms with van der Waals surface area (Å²) in [5.74, 6) is 0.926. The van der Waals surface area contributed by atoms with E-state index in [0.717, 1.165) is 50.8 Å². The van der Waals surface area contributed by atoms with Crippen LogP contribution in [0.1, 0.15) is 24.0 Å². The molecule has 1 N–H and O–H groups in total. The normalized spacial score (nSPS) is 10.9. The van der Waals surface area contributed by atoms with E-state index in [1.54, 1.807) is 11.3 Å². The molecular formula is C14H22N4OS. The summed E-state index contributed by atoms with van der Waals surface area (Å²) in [6.45, 7) is 7.41. The molecule has 0 aliphatic carbocycles. The van der Waals surface area contributed by atoms with Crippen LogP contribution in [0.15, 0.2) is 17.8 Å². The van der Waals surface area contributed by atoms with Crippen molar-refractivity contribution in [1.82, 2.24) is 14.5 Å². The molecule has 0 aliphatic heterocycles. The number of aromatic nitrogens is 3. The molecule has 5 nitrogen and oxygen atoms in total. The van der Waals surface area contributed by atoms with E-state index in [-0.39, 0.29) is 0 Å². The number of nitrogens with zero attached hydrogens (tertiary/aromatic N) is 3. The number of ether oxygens (including phenoxy) is 1. The minimum atomic E-state index is 0.780. The average Bonchev–Trinajstić information content (AvgIpc) is 3.05. The number of rotatable bonds is 9. The van der Waals surface area contributed by atoms with Gasteiger partial charge in [0.2, 0.25) is 5.95 Å². The molecule has 6 heteroatoms. The fourth-order valence-corrected chi connectivity index (χ4v) is 2.71. The SMILES string of the molecule is CCOCCCn1ccnc1NCCc1nc(C)cs1. The molecule has 0 saturated carbocycles. The average molecular weight is 294 g/mol. The molecule has 110 valence electrons. The molecule has 2 aromatic rings. The van der Waals surface area contributed by atoms with Crippen molar-refractivity contribution in [2.24, 2.45) is 0 Å². The van der Waals surface area contributed by atoms with Gasteiger partial charge in [-0.25, -0.2) is 9.97 Å². The van der Waals surface area contributed by atoms with Gasteiger partial charge in [-0.2, -0.15) is 0 Å². The van der Waals surface area contributed by atoms with E-state index in [2.05, 4.69) is 25.2 Å². The zero-order valence-electron chi connectivity index (χ0n) is 12.1. The quantitative estimate of drug-likeness (QED) is 0.723. The van der Waals surface area contributed by atoms with Crippen molar-refractivity contribution in [2.45, 2.75) is 33.2 Å². The first-order valence-electron chi connectivity index (χ1n) is 7.03. The summed E-state index contributed by atoms with van der Waals surface area (Å²) >= 11 is 1.72. The Morgan fingerprint density at radius 2 is 2.35 bits per heavy atom. The standard InChI is InChI=1S/C14H22N4OS/c1-3-19-10-4-8-18-9-7-16-14(18)15-6-5-13-17-12(2)11-20-13/h7,9,11H,3-6,8,10H2,1-2H3,(H,15,16). The summed E-state index contributed by atoms with van der Waals surface area (Å²) in [6.07, 6.45) is 5.77. The molecule has 0 radical (unpaired) electrons. The maximum Gasteiger partial charge on any atom is 0.202 e. The van der Waals surface area contributed by atoms with Crippen LogP contribution in [0.5, 0.6) is 0 Å². The van der Waals surface area contributed by atoms with Gasteiger partial charge in [0.15, 0.2) is 0 Å². The molecule has 0 atom stereocenters. The van der Waals surface area contributed by atoms with Crippen molar-refractivity contribution in [1.29, 1.82) is 0 Å². The third-order valence-electron chi connectivity index (χ3n) is 2.90. The molecular weight excluding hydrogens is 272 g/mol. The summed E-state index contributed by atoms with van der Waals surface area (Å²) in [5, 5.41) is 6.63. The topological polar surface area (TPSA) is 52.0 Å². The van der Waals surface area contributed by atoms with Crippen LogP contribution < -0.4 is 5.32 Å². The fourth-order valence-electron chi connectivity index (χ4n) is 1.94. The van der Waals surface area contributed by atoms with E-state index in [4.69, 9.17) is 4.74 Å². The Labute approximate surface area is 124 Å². The maximum atomic E-state index is 5.35. The van der Waals surface area contributed by atoms with Gasteiger partial charge in [-0.3, -0.25) is 0 Å². The van der Waals surface area contributed by atoms with E-state index in [0.29, 0.717) is 0 Å². The Bertz CT molecular complexity index is 509. The first-order valence-corrected chi connectivity index (χ1v) is 7.91. The predicted octanol–water partition coefficient (Wildman–Crippen LogP) is 2.73. The highest BCUT2D eigenvalue weighted by Gasteiger charge is 2.03. The van der Waals surface area contributed by atoms with Crippen LogP contribution in [0, 0.1) is 6.92 Å². The highest BCUT2D eigenvalue weighted by Crippen LogP contribution is 2.10. The highest BCUT2D eigenvalue weighted by molar-refractivity contribution is 7.09. The highest BCUT2D eigenvalue weighted by atomic mass is 32.1. The number of aryl methyl sites for hydroxylation is 2. The van der Waals surface area contributed by atoms with Gasteiger partial charge in [-0.15, -0.1) is 11.3 Å². The lowest BCUT2D eigenvalue weighted by Gasteiger charge is -2.09. The second kappa shape index (κ2) is 8.01. The third-order valence-corrected chi connectivity index (χ3v) is 3.92. The molecule has 0 amide bonds. The Kier molecular flexibility index (Phi) is 6.01. The number of nitrogens with one attached hydrogen (secondary N) is 1. The first-order chi connectivity index (χ1) is 9.79. The molecule has 20 heavy (non-hydrogen) atoms. The maximum absolute atomic E-state index is 5.35. The first kappa shape index (κ1) is 15.0. The largest absolute Gasteiger partial charge is 0.382 e. The lowest BCUT2D eigenvalue weighted by molar-refractivity contribution is 0.142. The molecule has 0 saturated heterocycles. The molecule has 0 unspecified atom stereocenters. The van der Waals surface area contributed by atoms with Crippen LogP contribution in [0.25, 0.3) is 0 Å². The van der Waals surface area contributed by atoms with Gasteiger partial charge in [0.1, 0.15) is 0 Å². The van der Waals surface area contributed by atoms with Gasteiger partial charge in [0.05, 0.1) is 5.01 Å². The number of hydrogen-bond donors (Lipinski definition) is 1. The minimum Gasteiger partial charge on any atom is -0.382 e. The lowest BCUT2D eigenvalue weighted by Crippen LogP contribution is -2.11. The minimum absolute atomic E-state index is 0.780. The van der Waals surface area contributed by atoms with Crippen LogP contribution >= 0.6 is 11.3 Å². The van der Waals surface area contributed by atoms with Gasteiger partial charge in [0.25, 0.3) is 0 Å². The Balaban J connectivity index is 1.74. The van der Waals surface area contributed by atoms with E-state index in [1.807, 2.05) is 26.2 Å². The van der Waals surface area contributed by atoms with Crippen molar-refractivity contribution < 1.29 is 4.74 Å². The molecule has 2 rings (SSSR count). The molecule has 0 aromatic carbocycles.